The van der Waals surface area contributed by atoms with Crippen molar-refractivity contribution in [2.24, 2.45) is 5.73 Å². The smallest absolute Gasteiger partial charge is 0.250 e. The van der Waals surface area contributed by atoms with Crippen LogP contribution >= 0.6 is 0 Å². The third-order valence-electron chi connectivity index (χ3n) is 2.17. The molecule has 4 nitrogen and oxygen atoms in total. The van der Waals surface area contributed by atoms with Crippen molar-refractivity contribution in [3.63, 3.8) is 0 Å². The van der Waals surface area contributed by atoms with Crippen LogP contribution in [0.1, 0.15) is 11.3 Å². The number of nitrogens with zero attached hydrogens (tertiary/aromatic N) is 1. The quantitative estimate of drug-likeness (QED) is 0.809. The summed E-state index contributed by atoms with van der Waals surface area (Å²) in [6, 6.07) is 6.91. The van der Waals surface area contributed by atoms with Gasteiger partial charge in [0.25, 0.3) is 5.56 Å². The lowest BCUT2D eigenvalue weighted by molar-refractivity contribution is 0.488. The Morgan fingerprint density at radius 3 is 2.93 bits per heavy atom. The summed E-state index contributed by atoms with van der Waals surface area (Å²) in [7, 11) is 0. The Hall–Kier alpha value is -1.81. The minimum Gasteiger partial charge on any atom is -0.467 e. The number of hydrogen-bond donors (Lipinski definition) is 1. The summed E-state index contributed by atoms with van der Waals surface area (Å²) in [6.45, 7) is 0.896. The monoisotopic (exact) mass is 204 g/mol. The lowest BCUT2D eigenvalue weighted by atomic mass is 10.3. The van der Waals surface area contributed by atoms with E-state index in [0.717, 1.165) is 11.3 Å². The van der Waals surface area contributed by atoms with Crippen LogP contribution in [-0.2, 0) is 13.1 Å². The van der Waals surface area contributed by atoms with Gasteiger partial charge in [-0.3, -0.25) is 4.79 Å². The zero-order valence-electron chi connectivity index (χ0n) is 8.22. The van der Waals surface area contributed by atoms with E-state index >= 15 is 0 Å². The molecule has 0 saturated carbocycles. The molecule has 0 aromatic carbocycles. The number of pyridine rings is 1. The molecule has 0 radical (unpaired) electrons. The average Bonchev–Trinajstić information content (AvgIpc) is 2.69. The van der Waals surface area contributed by atoms with Gasteiger partial charge in [0.05, 0.1) is 12.8 Å². The number of furan rings is 1. The highest BCUT2D eigenvalue weighted by atomic mass is 16.3. The van der Waals surface area contributed by atoms with E-state index in [9.17, 15) is 4.79 Å². The van der Waals surface area contributed by atoms with Gasteiger partial charge < -0.3 is 14.7 Å². The molecule has 78 valence electrons. The van der Waals surface area contributed by atoms with E-state index in [-0.39, 0.29) is 5.56 Å². The predicted molar refractivity (Wildman–Crippen MR) is 56.4 cm³/mol. The van der Waals surface area contributed by atoms with Crippen molar-refractivity contribution in [1.29, 1.82) is 0 Å². The van der Waals surface area contributed by atoms with E-state index in [0.29, 0.717) is 13.1 Å². The SMILES string of the molecule is NCc1coc(Cn2ccccc2=O)c1. The van der Waals surface area contributed by atoms with Crippen molar-refractivity contribution < 1.29 is 4.42 Å². The molecule has 2 N–H and O–H groups in total. The molecule has 0 aliphatic heterocycles. The van der Waals surface area contributed by atoms with Crippen LogP contribution in [-0.4, -0.2) is 4.57 Å². The summed E-state index contributed by atoms with van der Waals surface area (Å²) in [5, 5.41) is 0. The fourth-order valence-electron chi connectivity index (χ4n) is 1.38. The van der Waals surface area contributed by atoms with E-state index < -0.39 is 0 Å². The summed E-state index contributed by atoms with van der Waals surface area (Å²) in [5.41, 5.74) is 6.36. The molecule has 0 unspecified atom stereocenters. The summed E-state index contributed by atoms with van der Waals surface area (Å²) >= 11 is 0. The second kappa shape index (κ2) is 4.14. The molecule has 2 heterocycles. The highest BCUT2D eigenvalue weighted by Crippen LogP contribution is 2.07. The summed E-state index contributed by atoms with van der Waals surface area (Å²) < 4.78 is 6.86. The first-order chi connectivity index (χ1) is 7.29. The van der Waals surface area contributed by atoms with Crippen LogP contribution < -0.4 is 11.3 Å². The van der Waals surface area contributed by atoms with Crippen LogP contribution in [0.5, 0.6) is 0 Å². The van der Waals surface area contributed by atoms with Gasteiger partial charge in [-0.05, 0) is 12.1 Å². The molecule has 0 fully saturated rings. The molecule has 0 spiro atoms. The molecule has 15 heavy (non-hydrogen) atoms. The van der Waals surface area contributed by atoms with E-state index in [2.05, 4.69) is 0 Å². The van der Waals surface area contributed by atoms with Gasteiger partial charge in [0, 0.05) is 24.4 Å². The van der Waals surface area contributed by atoms with Gasteiger partial charge in [0.1, 0.15) is 5.76 Å². The number of hydrogen-bond acceptors (Lipinski definition) is 3. The summed E-state index contributed by atoms with van der Waals surface area (Å²) in [6.07, 6.45) is 3.34. The van der Waals surface area contributed by atoms with Crippen molar-refractivity contribution in [2.45, 2.75) is 13.1 Å². The van der Waals surface area contributed by atoms with E-state index in [1.807, 2.05) is 12.1 Å². The Morgan fingerprint density at radius 2 is 2.27 bits per heavy atom. The average molecular weight is 204 g/mol. The molecule has 0 aliphatic carbocycles. The van der Waals surface area contributed by atoms with Crippen LogP contribution in [0.15, 0.2) is 45.9 Å². The summed E-state index contributed by atoms with van der Waals surface area (Å²) in [4.78, 5) is 11.4. The molecule has 0 bridgehead atoms. The molecule has 0 amide bonds. The molecule has 2 aromatic heterocycles. The molecule has 0 atom stereocenters. The third-order valence-corrected chi connectivity index (χ3v) is 2.17. The van der Waals surface area contributed by atoms with Gasteiger partial charge in [-0.15, -0.1) is 0 Å². The van der Waals surface area contributed by atoms with Crippen LogP contribution in [0.25, 0.3) is 0 Å². The van der Waals surface area contributed by atoms with Crippen molar-refractivity contribution in [1.82, 2.24) is 4.57 Å². The van der Waals surface area contributed by atoms with E-state index in [1.165, 1.54) is 6.07 Å². The third kappa shape index (κ3) is 2.16. The van der Waals surface area contributed by atoms with Gasteiger partial charge in [-0.2, -0.15) is 0 Å². The highest BCUT2D eigenvalue weighted by molar-refractivity contribution is 5.13. The second-order valence-electron chi connectivity index (χ2n) is 3.29. The highest BCUT2D eigenvalue weighted by Gasteiger charge is 2.02. The first-order valence-corrected chi connectivity index (χ1v) is 4.71. The van der Waals surface area contributed by atoms with Crippen LogP contribution in [0, 0.1) is 0 Å². The fraction of sp³-hybridized carbons (Fsp3) is 0.182. The Labute approximate surface area is 86.9 Å². The zero-order chi connectivity index (χ0) is 10.7. The lowest BCUT2D eigenvalue weighted by Crippen LogP contribution is -2.17. The predicted octanol–water partition coefficient (Wildman–Crippen LogP) is 0.948. The van der Waals surface area contributed by atoms with Crippen molar-refractivity contribution >= 4 is 0 Å². The minimum absolute atomic E-state index is 0.0387. The van der Waals surface area contributed by atoms with Crippen molar-refractivity contribution in [3.05, 3.63) is 58.4 Å². The van der Waals surface area contributed by atoms with Gasteiger partial charge >= 0.3 is 0 Å². The Bertz CT molecular complexity index is 499. The summed E-state index contributed by atoms with van der Waals surface area (Å²) in [5.74, 6) is 0.740. The number of aromatic nitrogens is 1. The fourth-order valence-corrected chi connectivity index (χ4v) is 1.38. The van der Waals surface area contributed by atoms with Crippen LogP contribution in [0.2, 0.25) is 0 Å². The maximum atomic E-state index is 11.4. The van der Waals surface area contributed by atoms with Crippen molar-refractivity contribution in [3.8, 4) is 0 Å². The van der Waals surface area contributed by atoms with Gasteiger partial charge in [-0.25, -0.2) is 0 Å². The maximum Gasteiger partial charge on any atom is 0.250 e. The molecule has 0 aliphatic rings. The van der Waals surface area contributed by atoms with E-state index in [1.54, 1.807) is 23.1 Å². The molecular formula is C11H12N2O2. The second-order valence-corrected chi connectivity index (χ2v) is 3.29. The van der Waals surface area contributed by atoms with Gasteiger partial charge in [-0.1, -0.05) is 6.07 Å². The van der Waals surface area contributed by atoms with Gasteiger partial charge in [0.15, 0.2) is 0 Å². The topological polar surface area (TPSA) is 61.2 Å². The van der Waals surface area contributed by atoms with E-state index in [4.69, 9.17) is 10.2 Å². The first kappa shape index (κ1) is 9.73. The standard InChI is InChI=1S/C11H12N2O2/c12-6-9-5-10(15-8-9)7-13-4-2-1-3-11(13)14/h1-5,8H,6-7,12H2. The largest absolute Gasteiger partial charge is 0.467 e. The molecule has 4 heteroatoms. The van der Waals surface area contributed by atoms with Crippen molar-refractivity contribution in [2.75, 3.05) is 0 Å². The molecular weight excluding hydrogens is 192 g/mol. The Balaban J connectivity index is 2.22. The Kier molecular flexibility index (Phi) is 2.69. The zero-order valence-corrected chi connectivity index (χ0v) is 8.22. The maximum absolute atomic E-state index is 11.4. The van der Waals surface area contributed by atoms with Crippen LogP contribution in [0.3, 0.4) is 0 Å². The molecule has 0 saturated heterocycles. The first-order valence-electron chi connectivity index (χ1n) is 4.71. The normalized spacial score (nSPS) is 10.5. The Morgan fingerprint density at radius 1 is 1.40 bits per heavy atom. The molecule has 2 aromatic rings. The van der Waals surface area contributed by atoms with Gasteiger partial charge in [0.2, 0.25) is 0 Å². The minimum atomic E-state index is -0.0387. The number of rotatable bonds is 3. The van der Waals surface area contributed by atoms with Crippen LogP contribution in [0.4, 0.5) is 0 Å². The lowest BCUT2D eigenvalue weighted by Gasteiger charge is -2.00. The molecule has 2 rings (SSSR count). The number of nitrogens with two attached hydrogens (primary N) is 1.